The molecule has 7 heteroatoms. The number of carbonyl (C=O) groups excluding carboxylic acids is 1. The van der Waals surface area contributed by atoms with Crippen LogP contribution in [-0.2, 0) is 0 Å². The SMILES string of the molecule is O=C(Nc1ccc(N2CCNCC2)cc1)c1cc(C2=C=C=NC=C2)c[nH]c1=O. The number of nitrogens with one attached hydrogen (secondary N) is 3. The third-order valence-electron chi connectivity index (χ3n) is 4.64. The van der Waals surface area contributed by atoms with Gasteiger partial charge in [-0.2, -0.15) is 0 Å². The van der Waals surface area contributed by atoms with Crippen molar-refractivity contribution in [2.45, 2.75) is 0 Å². The van der Waals surface area contributed by atoms with Crippen molar-refractivity contribution in [2.24, 2.45) is 4.99 Å². The summed E-state index contributed by atoms with van der Waals surface area (Å²) in [5.74, 6) is 2.16. The summed E-state index contributed by atoms with van der Waals surface area (Å²) in [5.41, 5.74) is 5.56. The second-order valence-corrected chi connectivity index (χ2v) is 6.46. The number of amides is 1. The Kier molecular flexibility index (Phi) is 5.04. The maximum absolute atomic E-state index is 12.6. The summed E-state index contributed by atoms with van der Waals surface area (Å²) in [6.45, 7) is 3.84. The molecule has 1 saturated heterocycles. The van der Waals surface area contributed by atoms with Gasteiger partial charge in [0.25, 0.3) is 11.5 Å². The molecule has 0 atom stereocenters. The summed E-state index contributed by atoms with van der Waals surface area (Å²) in [6, 6.07) is 9.19. The highest BCUT2D eigenvalue weighted by atomic mass is 16.2. The summed E-state index contributed by atoms with van der Waals surface area (Å²) < 4.78 is 0. The molecule has 2 aromatic rings. The molecule has 0 saturated carbocycles. The number of benzene rings is 1. The number of aliphatic imine (C=N–C) groups is 1. The van der Waals surface area contributed by atoms with Crippen LogP contribution in [0.1, 0.15) is 15.9 Å². The molecule has 1 aromatic heterocycles. The number of nitrogens with zero attached hydrogens (tertiary/aromatic N) is 2. The number of rotatable bonds is 4. The van der Waals surface area contributed by atoms with Crippen molar-refractivity contribution >= 4 is 28.7 Å². The molecule has 0 bridgehead atoms. The number of H-pyrrole nitrogens is 1. The maximum atomic E-state index is 12.6. The molecule has 2 aliphatic rings. The Labute approximate surface area is 161 Å². The first-order valence-corrected chi connectivity index (χ1v) is 9.05. The fourth-order valence-electron chi connectivity index (χ4n) is 3.14. The molecule has 0 aliphatic carbocycles. The Morgan fingerprint density at radius 1 is 1.18 bits per heavy atom. The van der Waals surface area contributed by atoms with E-state index in [1.807, 2.05) is 24.3 Å². The van der Waals surface area contributed by atoms with Crippen molar-refractivity contribution in [2.75, 3.05) is 36.4 Å². The molecule has 140 valence electrons. The molecule has 1 aromatic carbocycles. The third-order valence-corrected chi connectivity index (χ3v) is 4.64. The summed E-state index contributed by atoms with van der Waals surface area (Å²) in [7, 11) is 0. The fourth-order valence-corrected chi connectivity index (χ4v) is 3.14. The molecule has 2 aliphatic heterocycles. The van der Waals surface area contributed by atoms with E-state index in [2.05, 4.69) is 37.1 Å². The highest BCUT2D eigenvalue weighted by Crippen LogP contribution is 2.19. The molecule has 4 rings (SSSR count). The van der Waals surface area contributed by atoms with E-state index in [1.165, 1.54) is 0 Å². The van der Waals surface area contributed by atoms with Crippen LogP contribution in [0, 0.1) is 0 Å². The summed E-state index contributed by atoms with van der Waals surface area (Å²) >= 11 is 0. The van der Waals surface area contributed by atoms with E-state index in [-0.39, 0.29) is 5.56 Å². The summed E-state index contributed by atoms with van der Waals surface area (Å²) in [5, 5.41) is 6.11. The first kappa shape index (κ1) is 17.8. The number of piperazine rings is 1. The minimum atomic E-state index is -0.462. The van der Waals surface area contributed by atoms with Crippen LogP contribution in [0.3, 0.4) is 0 Å². The van der Waals surface area contributed by atoms with Crippen molar-refractivity contribution in [3.8, 4) is 0 Å². The van der Waals surface area contributed by atoms with Crippen LogP contribution in [0.25, 0.3) is 5.57 Å². The van der Waals surface area contributed by atoms with Gasteiger partial charge in [0.2, 0.25) is 0 Å². The van der Waals surface area contributed by atoms with Gasteiger partial charge in [-0.15, -0.1) is 0 Å². The van der Waals surface area contributed by atoms with E-state index in [1.54, 1.807) is 24.5 Å². The minimum Gasteiger partial charge on any atom is -0.369 e. The van der Waals surface area contributed by atoms with E-state index in [0.29, 0.717) is 16.8 Å². The van der Waals surface area contributed by atoms with Gasteiger partial charge in [0.05, 0.1) is 0 Å². The molecule has 28 heavy (non-hydrogen) atoms. The largest absolute Gasteiger partial charge is 0.369 e. The Morgan fingerprint density at radius 3 is 2.68 bits per heavy atom. The van der Waals surface area contributed by atoms with E-state index < -0.39 is 11.5 Å². The van der Waals surface area contributed by atoms with Crippen molar-refractivity contribution in [1.82, 2.24) is 10.3 Å². The molecular formula is C21H19N5O2. The monoisotopic (exact) mass is 373 g/mol. The third kappa shape index (κ3) is 3.87. The minimum absolute atomic E-state index is 0.0360. The van der Waals surface area contributed by atoms with Gasteiger partial charge in [-0.3, -0.25) is 9.59 Å². The first-order chi connectivity index (χ1) is 13.7. The Balaban J connectivity index is 1.52. The highest BCUT2D eigenvalue weighted by Gasteiger charge is 2.14. The van der Waals surface area contributed by atoms with E-state index in [0.717, 1.165) is 31.9 Å². The Bertz CT molecular complexity index is 1080. The van der Waals surface area contributed by atoms with E-state index >= 15 is 0 Å². The van der Waals surface area contributed by atoms with E-state index in [4.69, 9.17) is 0 Å². The Hall–Kier alpha value is -3.63. The molecule has 3 heterocycles. The number of anilines is 2. The zero-order valence-corrected chi connectivity index (χ0v) is 15.2. The van der Waals surface area contributed by atoms with Gasteiger partial charge in [0.15, 0.2) is 0 Å². The lowest BCUT2D eigenvalue weighted by Crippen LogP contribution is -2.43. The second kappa shape index (κ2) is 7.94. The molecule has 1 fully saturated rings. The number of aromatic nitrogens is 1. The van der Waals surface area contributed by atoms with Crippen LogP contribution in [0.4, 0.5) is 11.4 Å². The number of hydrogen-bond acceptors (Lipinski definition) is 5. The fraction of sp³-hybridized carbons (Fsp3) is 0.190. The summed E-state index contributed by atoms with van der Waals surface area (Å²) in [4.78, 5) is 33.5. The smallest absolute Gasteiger partial charge is 0.261 e. The quantitative estimate of drug-likeness (QED) is 0.713. The molecule has 0 radical (unpaired) electrons. The van der Waals surface area contributed by atoms with Gasteiger partial charge in [0, 0.05) is 67.0 Å². The van der Waals surface area contributed by atoms with Gasteiger partial charge >= 0.3 is 0 Å². The van der Waals surface area contributed by atoms with Gasteiger partial charge in [0.1, 0.15) is 5.56 Å². The number of allylic oxidation sites excluding steroid dienone is 2. The van der Waals surface area contributed by atoms with E-state index in [9.17, 15) is 9.59 Å². The normalized spacial score (nSPS) is 15.4. The second-order valence-electron chi connectivity index (χ2n) is 6.46. The molecule has 7 nitrogen and oxygen atoms in total. The lowest BCUT2D eigenvalue weighted by Gasteiger charge is -2.29. The van der Waals surface area contributed by atoms with Gasteiger partial charge in [-0.25, -0.2) is 4.99 Å². The average molecular weight is 373 g/mol. The van der Waals surface area contributed by atoms with Gasteiger partial charge in [-0.05, 0) is 42.1 Å². The van der Waals surface area contributed by atoms with Crippen LogP contribution >= 0.6 is 0 Å². The van der Waals surface area contributed by atoms with Crippen LogP contribution in [0.5, 0.6) is 0 Å². The van der Waals surface area contributed by atoms with Crippen LogP contribution in [0.15, 0.2) is 64.3 Å². The topological polar surface area (TPSA) is 89.6 Å². The van der Waals surface area contributed by atoms with Crippen molar-refractivity contribution in [1.29, 1.82) is 0 Å². The molecule has 0 unspecified atom stereocenters. The standard InChI is InChI=1S/C21H19N5O2/c27-20-19(13-16(14-24-20)15-5-7-22-8-6-15)21(28)25-17-1-3-18(4-2-17)26-11-9-23-10-12-26/h1-5,7,13-14,23H,9-12H2,(H,24,27)(H,25,28). The number of hydrogen-bond donors (Lipinski definition) is 3. The first-order valence-electron chi connectivity index (χ1n) is 9.05. The predicted octanol–water partition coefficient (Wildman–Crippen LogP) is 1.77. The summed E-state index contributed by atoms with van der Waals surface area (Å²) in [6.07, 6.45) is 4.86. The highest BCUT2D eigenvalue weighted by molar-refractivity contribution is 6.04. The molecule has 3 N–H and O–H groups in total. The number of carbonyl (C=O) groups is 1. The molecule has 0 spiro atoms. The van der Waals surface area contributed by atoms with Crippen LogP contribution < -0.4 is 21.1 Å². The van der Waals surface area contributed by atoms with Gasteiger partial charge in [-0.1, -0.05) is 0 Å². The Morgan fingerprint density at radius 2 is 1.96 bits per heavy atom. The lowest BCUT2D eigenvalue weighted by molar-refractivity contribution is 0.102. The molecular weight excluding hydrogens is 354 g/mol. The van der Waals surface area contributed by atoms with Crippen molar-refractivity contribution < 1.29 is 4.79 Å². The van der Waals surface area contributed by atoms with Crippen molar-refractivity contribution in [3.63, 3.8) is 0 Å². The van der Waals surface area contributed by atoms with Gasteiger partial charge < -0.3 is 20.5 Å². The van der Waals surface area contributed by atoms with Crippen LogP contribution in [-0.4, -0.2) is 42.9 Å². The number of pyridine rings is 1. The van der Waals surface area contributed by atoms with Crippen LogP contribution in [0.2, 0.25) is 0 Å². The van der Waals surface area contributed by atoms with Crippen molar-refractivity contribution in [3.05, 3.63) is 76.0 Å². The average Bonchev–Trinajstić information content (AvgIpc) is 2.76. The zero-order chi connectivity index (χ0) is 19.3. The predicted molar refractivity (Wildman–Crippen MR) is 110 cm³/mol. The molecule has 1 amide bonds. The maximum Gasteiger partial charge on any atom is 0.261 e. The number of aromatic amines is 1. The lowest BCUT2D eigenvalue weighted by atomic mass is 10.1. The zero-order valence-electron chi connectivity index (χ0n) is 15.2.